The molecule has 1 heterocycles. The van der Waals surface area contributed by atoms with E-state index in [2.05, 4.69) is 0 Å². The molecule has 2 aromatic carbocycles. The molecule has 1 atom stereocenters. The average molecular weight is 423 g/mol. The third-order valence-electron chi connectivity index (χ3n) is 4.27. The van der Waals surface area contributed by atoms with Gasteiger partial charge in [-0.25, -0.2) is 8.42 Å². The van der Waals surface area contributed by atoms with Gasteiger partial charge in [-0.05, 0) is 54.8 Å². The van der Waals surface area contributed by atoms with Crippen molar-refractivity contribution in [1.82, 2.24) is 4.31 Å². The molecule has 0 saturated carbocycles. The Labute approximate surface area is 168 Å². The van der Waals surface area contributed by atoms with E-state index in [0.717, 1.165) is 24.2 Å². The molecule has 1 unspecified atom stereocenters. The van der Waals surface area contributed by atoms with Gasteiger partial charge in [-0.15, -0.1) is 11.8 Å². The summed E-state index contributed by atoms with van der Waals surface area (Å²) in [5.41, 5.74) is 1.11. The lowest BCUT2D eigenvalue weighted by atomic mass is 10.1. The topological polar surface area (TPSA) is 70.4 Å². The first-order valence-corrected chi connectivity index (χ1v) is 11.3. The molecule has 1 aliphatic heterocycles. The third kappa shape index (κ3) is 4.96. The van der Waals surface area contributed by atoms with Gasteiger partial charge in [0, 0.05) is 17.3 Å². The first kappa shape index (κ1) is 20.0. The lowest BCUT2D eigenvalue weighted by molar-refractivity contribution is 0.368. The minimum absolute atomic E-state index is 0.0234. The Bertz CT molecular complexity index is 909. The number of hydrogen-bond acceptors (Lipinski definition) is 5. The van der Waals surface area contributed by atoms with Crippen LogP contribution in [0.1, 0.15) is 12.0 Å². The quantitative estimate of drug-likeness (QED) is 0.675. The second kappa shape index (κ2) is 8.98. The van der Waals surface area contributed by atoms with Crippen LogP contribution >= 0.6 is 23.4 Å². The summed E-state index contributed by atoms with van der Waals surface area (Å²) in [6, 6.07) is 15.8. The molecule has 1 fully saturated rings. The van der Waals surface area contributed by atoms with Gasteiger partial charge in [0.2, 0.25) is 10.0 Å². The van der Waals surface area contributed by atoms with E-state index < -0.39 is 10.0 Å². The molecule has 8 heteroatoms. The van der Waals surface area contributed by atoms with Gasteiger partial charge in [0.1, 0.15) is 11.8 Å². The monoisotopic (exact) mass is 422 g/mol. The van der Waals surface area contributed by atoms with E-state index >= 15 is 0 Å². The predicted molar refractivity (Wildman–Crippen MR) is 107 cm³/mol. The molecule has 1 aliphatic rings. The van der Waals surface area contributed by atoms with E-state index in [1.165, 1.54) is 0 Å². The Kier molecular flexibility index (Phi) is 6.66. The van der Waals surface area contributed by atoms with Crippen LogP contribution in [0.4, 0.5) is 0 Å². The highest BCUT2D eigenvalue weighted by molar-refractivity contribution is 8.01. The van der Waals surface area contributed by atoms with Gasteiger partial charge in [-0.2, -0.15) is 9.57 Å². The fourth-order valence-electron chi connectivity index (χ4n) is 2.91. The van der Waals surface area contributed by atoms with Gasteiger partial charge in [0.25, 0.3) is 0 Å². The molecule has 0 radical (unpaired) electrons. The van der Waals surface area contributed by atoms with Crippen molar-refractivity contribution < 1.29 is 13.2 Å². The van der Waals surface area contributed by atoms with Gasteiger partial charge in [-0.1, -0.05) is 23.7 Å². The molecule has 2 aromatic rings. The van der Waals surface area contributed by atoms with Gasteiger partial charge < -0.3 is 4.74 Å². The molecule has 0 bridgehead atoms. The van der Waals surface area contributed by atoms with Gasteiger partial charge in [-0.3, -0.25) is 0 Å². The number of nitriles is 1. The Balaban J connectivity index is 1.64. The van der Waals surface area contributed by atoms with Crippen molar-refractivity contribution in [1.29, 1.82) is 5.26 Å². The van der Waals surface area contributed by atoms with Crippen LogP contribution in [-0.4, -0.2) is 37.0 Å². The molecule has 142 valence electrons. The summed E-state index contributed by atoms with van der Waals surface area (Å²) < 4.78 is 32.7. The highest BCUT2D eigenvalue weighted by atomic mass is 35.5. The van der Waals surface area contributed by atoms with Crippen LogP contribution in [0.3, 0.4) is 0 Å². The molecule has 0 aliphatic carbocycles. The summed E-state index contributed by atoms with van der Waals surface area (Å²) in [5, 5.41) is 8.97. The van der Waals surface area contributed by atoms with Crippen LogP contribution in [0, 0.1) is 11.3 Å². The zero-order chi connectivity index (χ0) is 19.3. The number of aryl methyl sites for hydroxylation is 1. The lowest BCUT2D eigenvalue weighted by Crippen LogP contribution is -2.35. The summed E-state index contributed by atoms with van der Waals surface area (Å²) in [7, 11) is -3.52. The first-order chi connectivity index (χ1) is 13.0. The highest BCUT2D eigenvalue weighted by Crippen LogP contribution is 2.33. The second-order valence-corrected chi connectivity index (χ2v) is 9.64. The Morgan fingerprint density at radius 2 is 1.89 bits per heavy atom. The fraction of sp³-hybridized carbons (Fsp3) is 0.316. The number of hydrogen-bond donors (Lipinski definition) is 0. The number of rotatable bonds is 7. The molecule has 0 aromatic heterocycles. The second-order valence-electron chi connectivity index (χ2n) is 6.02. The zero-order valence-corrected chi connectivity index (χ0v) is 16.9. The number of benzene rings is 2. The Morgan fingerprint density at radius 1 is 1.19 bits per heavy atom. The van der Waals surface area contributed by atoms with Gasteiger partial charge in [0.15, 0.2) is 6.61 Å². The average Bonchev–Trinajstić information content (AvgIpc) is 3.15. The van der Waals surface area contributed by atoms with Crippen LogP contribution in [0.15, 0.2) is 53.4 Å². The van der Waals surface area contributed by atoms with Crippen LogP contribution < -0.4 is 4.74 Å². The van der Waals surface area contributed by atoms with Crippen LogP contribution in [-0.2, 0) is 16.4 Å². The van der Waals surface area contributed by atoms with Crippen molar-refractivity contribution in [2.45, 2.75) is 23.1 Å². The van der Waals surface area contributed by atoms with Gasteiger partial charge >= 0.3 is 0 Å². The van der Waals surface area contributed by atoms with Crippen molar-refractivity contribution in [2.24, 2.45) is 0 Å². The van der Waals surface area contributed by atoms with E-state index in [4.69, 9.17) is 21.6 Å². The number of thioether (sulfide) groups is 1. The predicted octanol–water partition coefficient (Wildman–Crippen LogP) is 3.94. The lowest BCUT2D eigenvalue weighted by Gasteiger charge is -2.23. The minimum Gasteiger partial charge on any atom is -0.479 e. The van der Waals surface area contributed by atoms with Crippen molar-refractivity contribution in [3.8, 4) is 11.8 Å². The Morgan fingerprint density at radius 3 is 2.56 bits per heavy atom. The van der Waals surface area contributed by atoms with Crippen LogP contribution in [0.25, 0.3) is 0 Å². The minimum atomic E-state index is -3.52. The zero-order valence-electron chi connectivity index (χ0n) is 14.5. The van der Waals surface area contributed by atoms with E-state index in [-0.39, 0.29) is 16.9 Å². The van der Waals surface area contributed by atoms with Crippen molar-refractivity contribution in [2.75, 3.05) is 18.9 Å². The van der Waals surface area contributed by atoms with Crippen molar-refractivity contribution in [3.05, 3.63) is 59.1 Å². The fourth-order valence-corrected chi connectivity index (χ4v) is 6.30. The van der Waals surface area contributed by atoms with E-state index in [1.54, 1.807) is 40.3 Å². The molecule has 0 N–H and O–H groups in total. The molecular weight excluding hydrogens is 404 g/mol. The first-order valence-electron chi connectivity index (χ1n) is 8.48. The SMILES string of the molecule is N#CCOc1ccc(CCC2SCCN2S(=O)(=O)c2ccc(Cl)cc2)cc1. The van der Waals surface area contributed by atoms with Crippen molar-refractivity contribution >= 4 is 33.4 Å². The molecule has 1 saturated heterocycles. The van der Waals surface area contributed by atoms with E-state index in [1.807, 2.05) is 30.3 Å². The van der Waals surface area contributed by atoms with Crippen LogP contribution in [0.5, 0.6) is 5.75 Å². The molecule has 5 nitrogen and oxygen atoms in total. The largest absolute Gasteiger partial charge is 0.479 e. The molecule has 0 amide bonds. The molecule has 0 spiro atoms. The normalized spacial score (nSPS) is 17.6. The highest BCUT2D eigenvalue weighted by Gasteiger charge is 2.35. The summed E-state index contributed by atoms with van der Waals surface area (Å²) in [4.78, 5) is 0.276. The molecule has 3 rings (SSSR count). The van der Waals surface area contributed by atoms with E-state index in [9.17, 15) is 8.42 Å². The maximum atomic E-state index is 12.9. The summed E-state index contributed by atoms with van der Waals surface area (Å²) >= 11 is 7.54. The van der Waals surface area contributed by atoms with E-state index in [0.29, 0.717) is 17.3 Å². The number of nitrogens with zero attached hydrogens (tertiary/aromatic N) is 2. The maximum Gasteiger partial charge on any atom is 0.244 e. The van der Waals surface area contributed by atoms with Crippen LogP contribution in [0.2, 0.25) is 5.02 Å². The number of sulfonamides is 1. The third-order valence-corrected chi connectivity index (χ3v) is 7.87. The standard InChI is InChI=1S/C19H19ClN2O3S2/c20-16-4-8-18(9-5-16)27(23,24)22-12-14-26-19(22)10-3-15-1-6-17(7-2-15)25-13-11-21/h1-2,4-9,19H,3,10,12-14H2. The Hall–Kier alpha value is -1.72. The number of ether oxygens (including phenoxy) is 1. The molecule has 27 heavy (non-hydrogen) atoms. The summed E-state index contributed by atoms with van der Waals surface area (Å²) in [6.45, 7) is 0.539. The maximum absolute atomic E-state index is 12.9. The number of halogens is 1. The molecular formula is C19H19ClN2O3S2. The summed E-state index contributed by atoms with van der Waals surface area (Å²) in [5.74, 6) is 1.45. The smallest absolute Gasteiger partial charge is 0.244 e. The summed E-state index contributed by atoms with van der Waals surface area (Å²) in [6.07, 6.45) is 1.50. The van der Waals surface area contributed by atoms with Gasteiger partial charge in [0.05, 0.1) is 10.3 Å². The van der Waals surface area contributed by atoms with Crippen molar-refractivity contribution in [3.63, 3.8) is 0 Å².